The van der Waals surface area contributed by atoms with E-state index in [4.69, 9.17) is 0 Å². The van der Waals surface area contributed by atoms with Crippen molar-refractivity contribution in [3.05, 3.63) is 5.82 Å². The van der Waals surface area contributed by atoms with Crippen LogP contribution in [0.25, 0.3) is 0 Å². The van der Waals surface area contributed by atoms with E-state index in [2.05, 4.69) is 39.2 Å². The molecule has 0 bridgehead atoms. The number of nitrogens with one attached hydrogen (secondary N) is 2. The molecule has 1 aromatic heterocycles. The van der Waals surface area contributed by atoms with Crippen LogP contribution in [0.3, 0.4) is 0 Å². The number of H-pyrrole nitrogens is 1. The molecule has 5 heteroatoms. The van der Waals surface area contributed by atoms with E-state index in [9.17, 15) is 0 Å². The number of fused-ring (bicyclic) bond motifs is 1. The van der Waals surface area contributed by atoms with Crippen molar-refractivity contribution in [2.45, 2.75) is 45.6 Å². The van der Waals surface area contributed by atoms with Gasteiger partial charge in [-0.3, -0.25) is 5.10 Å². The van der Waals surface area contributed by atoms with Crippen LogP contribution in [-0.4, -0.2) is 40.9 Å². The van der Waals surface area contributed by atoms with E-state index in [-0.39, 0.29) is 0 Å². The van der Waals surface area contributed by atoms with Gasteiger partial charge >= 0.3 is 0 Å². The van der Waals surface area contributed by atoms with Crippen LogP contribution in [-0.2, 0) is 6.42 Å². The highest BCUT2D eigenvalue weighted by molar-refractivity contribution is 5.32. The summed E-state index contributed by atoms with van der Waals surface area (Å²) in [4.78, 5) is 6.99. The monoisotopic (exact) mass is 263 g/mol. The highest BCUT2D eigenvalue weighted by Gasteiger charge is 2.35. The van der Waals surface area contributed by atoms with Crippen LogP contribution in [0.2, 0.25) is 0 Å². The molecule has 0 aromatic carbocycles. The molecule has 2 aliphatic rings. The SMILES string of the molecule is CC(C)CCc1nc(N2CC3CCCNC3C2)n[nH]1. The number of rotatable bonds is 4. The van der Waals surface area contributed by atoms with Crippen molar-refractivity contribution in [3.63, 3.8) is 0 Å². The second-order valence-electron chi connectivity index (χ2n) is 6.38. The van der Waals surface area contributed by atoms with E-state index in [1.54, 1.807) is 0 Å². The summed E-state index contributed by atoms with van der Waals surface area (Å²) in [7, 11) is 0. The predicted molar refractivity (Wildman–Crippen MR) is 76.3 cm³/mol. The van der Waals surface area contributed by atoms with Crippen LogP contribution in [0.1, 0.15) is 38.9 Å². The molecule has 2 aliphatic heterocycles. The Bertz CT molecular complexity index is 400. The fourth-order valence-electron chi connectivity index (χ4n) is 3.17. The molecule has 0 saturated carbocycles. The second-order valence-corrected chi connectivity index (χ2v) is 6.38. The van der Waals surface area contributed by atoms with E-state index in [0.29, 0.717) is 12.0 Å². The number of piperidine rings is 1. The van der Waals surface area contributed by atoms with Gasteiger partial charge in [0.05, 0.1) is 0 Å². The molecule has 5 nitrogen and oxygen atoms in total. The van der Waals surface area contributed by atoms with E-state index in [1.807, 2.05) is 0 Å². The highest BCUT2D eigenvalue weighted by Crippen LogP contribution is 2.27. The minimum atomic E-state index is 0.645. The molecule has 2 fully saturated rings. The van der Waals surface area contributed by atoms with Crippen molar-refractivity contribution in [1.82, 2.24) is 20.5 Å². The second kappa shape index (κ2) is 5.49. The van der Waals surface area contributed by atoms with E-state index >= 15 is 0 Å². The third kappa shape index (κ3) is 2.91. The first kappa shape index (κ1) is 12.9. The smallest absolute Gasteiger partial charge is 0.244 e. The standard InChI is InChI=1S/C14H25N5/c1-10(2)5-6-13-16-14(18-17-13)19-8-11-4-3-7-15-12(11)9-19/h10-12,15H,3-9H2,1-2H3,(H,16,17,18). The van der Waals surface area contributed by atoms with E-state index in [1.165, 1.54) is 25.8 Å². The lowest BCUT2D eigenvalue weighted by atomic mass is 9.94. The molecule has 0 spiro atoms. The first-order chi connectivity index (χ1) is 9.22. The lowest BCUT2D eigenvalue weighted by molar-refractivity contribution is 0.340. The zero-order valence-electron chi connectivity index (χ0n) is 12.0. The number of anilines is 1. The van der Waals surface area contributed by atoms with E-state index < -0.39 is 0 Å². The van der Waals surface area contributed by atoms with Crippen LogP contribution in [0.5, 0.6) is 0 Å². The molecule has 2 saturated heterocycles. The quantitative estimate of drug-likeness (QED) is 0.866. The number of nitrogens with zero attached hydrogens (tertiary/aromatic N) is 3. The van der Waals surface area contributed by atoms with Crippen molar-refractivity contribution in [3.8, 4) is 0 Å². The van der Waals surface area contributed by atoms with Crippen molar-refractivity contribution >= 4 is 5.95 Å². The number of hydrogen-bond acceptors (Lipinski definition) is 4. The van der Waals surface area contributed by atoms with Crippen molar-refractivity contribution in [2.75, 3.05) is 24.5 Å². The van der Waals surface area contributed by atoms with Crippen molar-refractivity contribution < 1.29 is 0 Å². The zero-order chi connectivity index (χ0) is 13.2. The summed E-state index contributed by atoms with van der Waals surface area (Å²) in [5, 5.41) is 11.1. The Hall–Kier alpha value is -1.10. The highest BCUT2D eigenvalue weighted by atomic mass is 15.4. The zero-order valence-corrected chi connectivity index (χ0v) is 12.0. The summed E-state index contributed by atoms with van der Waals surface area (Å²) in [5.74, 6) is 3.43. The van der Waals surface area contributed by atoms with Crippen LogP contribution in [0.4, 0.5) is 5.95 Å². The average Bonchev–Trinajstić information content (AvgIpc) is 3.02. The van der Waals surface area contributed by atoms with Gasteiger partial charge in [0.1, 0.15) is 5.82 Å². The van der Waals surface area contributed by atoms with Crippen molar-refractivity contribution in [2.24, 2.45) is 11.8 Å². The van der Waals surface area contributed by atoms with Gasteiger partial charge in [-0.05, 0) is 37.6 Å². The van der Waals surface area contributed by atoms with Gasteiger partial charge < -0.3 is 10.2 Å². The first-order valence-corrected chi connectivity index (χ1v) is 7.62. The summed E-state index contributed by atoms with van der Waals surface area (Å²) in [5.41, 5.74) is 0. The molecule has 19 heavy (non-hydrogen) atoms. The maximum absolute atomic E-state index is 4.65. The molecule has 3 heterocycles. The molecule has 2 atom stereocenters. The summed E-state index contributed by atoms with van der Waals surface area (Å²) >= 11 is 0. The van der Waals surface area contributed by atoms with Crippen molar-refractivity contribution in [1.29, 1.82) is 0 Å². The Morgan fingerprint density at radius 1 is 1.37 bits per heavy atom. The Labute approximate surface area is 115 Å². The molecule has 3 rings (SSSR count). The molecule has 106 valence electrons. The largest absolute Gasteiger partial charge is 0.338 e. The molecule has 0 aliphatic carbocycles. The van der Waals surface area contributed by atoms with Gasteiger partial charge in [0.15, 0.2) is 0 Å². The third-order valence-electron chi connectivity index (χ3n) is 4.36. The van der Waals surface area contributed by atoms with Gasteiger partial charge in [0, 0.05) is 25.6 Å². The third-order valence-corrected chi connectivity index (χ3v) is 4.36. The normalized spacial score (nSPS) is 27.0. The number of aryl methyl sites for hydroxylation is 1. The molecule has 1 aromatic rings. The van der Waals surface area contributed by atoms with Gasteiger partial charge in [-0.1, -0.05) is 13.8 Å². The molecule has 0 amide bonds. The number of aromatic nitrogens is 3. The molecular formula is C14H25N5. The lowest BCUT2D eigenvalue weighted by Gasteiger charge is -2.24. The summed E-state index contributed by atoms with van der Waals surface area (Å²) in [6, 6.07) is 0.645. The van der Waals surface area contributed by atoms with Crippen LogP contribution >= 0.6 is 0 Å². The fourth-order valence-corrected chi connectivity index (χ4v) is 3.17. The minimum Gasteiger partial charge on any atom is -0.338 e. The van der Waals surface area contributed by atoms with Crippen LogP contribution in [0.15, 0.2) is 0 Å². The maximum Gasteiger partial charge on any atom is 0.244 e. The minimum absolute atomic E-state index is 0.645. The Kier molecular flexibility index (Phi) is 3.73. The predicted octanol–water partition coefficient (Wildman–Crippen LogP) is 1.58. The van der Waals surface area contributed by atoms with Gasteiger partial charge in [-0.25, -0.2) is 0 Å². The van der Waals surface area contributed by atoms with Gasteiger partial charge in [0.25, 0.3) is 0 Å². The fraction of sp³-hybridized carbons (Fsp3) is 0.857. The van der Waals surface area contributed by atoms with Gasteiger partial charge in [0.2, 0.25) is 5.95 Å². The summed E-state index contributed by atoms with van der Waals surface area (Å²) in [6.45, 7) is 7.83. The molecule has 2 N–H and O–H groups in total. The molecular weight excluding hydrogens is 238 g/mol. The summed E-state index contributed by atoms with van der Waals surface area (Å²) in [6.07, 6.45) is 4.83. The van der Waals surface area contributed by atoms with Gasteiger partial charge in [-0.15, -0.1) is 5.10 Å². The van der Waals surface area contributed by atoms with Crippen LogP contribution < -0.4 is 10.2 Å². The van der Waals surface area contributed by atoms with Gasteiger partial charge in [-0.2, -0.15) is 4.98 Å². The Morgan fingerprint density at radius 3 is 3.05 bits per heavy atom. The van der Waals surface area contributed by atoms with E-state index in [0.717, 1.165) is 37.2 Å². The molecule has 0 radical (unpaired) electrons. The average molecular weight is 263 g/mol. The number of aromatic amines is 1. The maximum atomic E-state index is 4.65. The summed E-state index contributed by atoms with van der Waals surface area (Å²) < 4.78 is 0. The molecule has 2 unspecified atom stereocenters. The van der Waals surface area contributed by atoms with Crippen LogP contribution in [0, 0.1) is 11.8 Å². The first-order valence-electron chi connectivity index (χ1n) is 7.62. The Balaban J connectivity index is 1.60. The number of hydrogen-bond donors (Lipinski definition) is 2. The topological polar surface area (TPSA) is 56.8 Å². The Morgan fingerprint density at radius 2 is 2.26 bits per heavy atom. The lowest BCUT2D eigenvalue weighted by Crippen LogP contribution is -2.40.